The van der Waals surface area contributed by atoms with Gasteiger partial charge in [-0.2, -0.15) is 0 Å². The Bertz CT molecular complexity index is 582. The molecule has 0 unspecified atom stereocenters. The number of benzene rings is 1. The largest absolute Gasteiger partial charge is 0.454 e. The van der Waals surface area contributed by atoms with Crippen LogP contribution in [0.4, 0.5) is 4.79 Å². The van der Waals surface area contributed by atoms with Gasteiger partial charge in [0.15, 0.2) is 11.5 Å². The number of hydrogen-bond acceptors (Lipinski definition) is 5. The molecule has 0 bridgehead atoms. The summed E-state index contributed by atoms with van der Waals surface area (Å²) in [6.07, 6.45) is 0.292. The molecule has 1 amide bonds. The molecule has 0 radical (unpaired) electrons. The highest BCUT2D eigenvalue weighted by atomic mass is 79.9. The lowest BCUT2D eigenvalue weighted by Gasteiger charge is -2.23. The van der Waals surface area contributed by atoms with E-state index < -0.39 is 17.7 Å². The molecule has 1 heterocycles. The van der Waals surface area contributed by atoms with Gasteiger partial charge in [0.2, 0.25) is 6.79 Å². The smallest absolute Gasteiger partial charge is 0.408 e. The van der Waals surface area contributed by atoms with Crippen molar-refractivity contribution in [2.24, 2.45) is 0 Å². The maximum atomic E-state index is 11.9. The standard InChI is InChI=1S/C15H18BrNO5/c1-15(2,3)22-14(19)17-11(4-5-18)9-6-12-13(7-10(9)16)21-8-20-12/h5-7,11H,4,8H2,1-3H3,(H,17,19)/t11-/m1/s1. The normalized spacial score (nSPS) is 14.4. The van der Waals surface area contributed by atoms with Crippen molar-refractivity contribution in [3.05, 3.63) is 22.2 Å². The third kappa shape index (κ3) is 4.13. The van der Waals surface area contributed by atoms with Crippen molar-refractivity contribution in [3.63, 3.8) is 0 Å². The lowest BCUT2D eigenvalue weighted by Crippen LogP contribution is -2.35. The highest BCUT2D eigenvalue weighted by Crippen LogP contribution is 2.39. The first-order valence-electron chi connectivity index (χ1n) is 6.82. The van der Waals surface area contributed by atoms with Crippen LogP contribution in [0.5, 0.6) is 11.5 Å². The second kappa shape index (κ2) is 6.56. The zero-order chi connectivity index (χ0) is 16.3. The van der Waals surface area contributed by atoms with Crippen LogP contribution in [0.1, 0.15) is 38.8 Å². The zero-order valence-electron chi connectivity index (χ0n) is 12.6. The number of carbonyl (C=O) groups excluding carboxylic acids is 2. The number of amides is 1. The summed E-state index contributed by atoms with van der Waals surface area (Å²) in [4.78, 5) is 22.9. The molecule has 0 fully saturated rings. The van der Waals surface area contributed by atoms with Gasteiger partial charge in [-0.05, 0) is 38.5 Å². The van der Waals surface area contributed by atoms with Gasteiger partial charge in [-0.3, -0.25) is 0 Å². The van der Waals surface area contributed by atoms with Crippen molar-refractivity contribution in [1.82, 2.24) is 5.32 Å². The van der Waals surface area contributed by atoms with Gasteiger partial charge >= 0.3 is 6.09 Å². The Morgan fingerprint density at radius 2 is 2.05 bits per heavy atom. The number of carbonyl (C=O) groups is 2. The van der Waals surface area contributed by atoms with E-state index in [1.165, 1.54) is 0 Å². The summed E-state index contributed by atoms with van der Waals surface area (Å²) in [5.41, 5.74) is 0.115. The van der Waals surface area contributed by atoms with Crippen LogP contribution in [0.3, 0.4) is 0 Å². The first-order valence-corrected chi connectivity index (χ1v) is 7.61. The Labute approximate surface area is 137 Å². The molecule has 7 heteroatoms. The Kier molecular flexibility index (Phi) is 4.95. The SMILES string of the molecule is CC(C)(C)OC(=O)N[C@H](CC=O)c1cc2c(cc1Br)OCO2. The number of rotatable bonds is 4. The molecule has 1 aromatic rings. The predicted molar refractivity (Wildman–Crippen MR) is 83.1 cm³/mol. The van der Waals surface area contributed by atoms with E-state index in [0.29, 0.717) is 11.5 Å². The second-order valence-corrected chi connectivity index (χ2v) is 6.68. The van der Waals surface area contributed by atoms with Gasteiger partial charge in [-0.15, -0.1) is 0 Å². The molecule has 1 atom stereocenters. The molecule has 0 aliphatic carbocycles. The van der Waals surface area contributed by atoms with Crippen molar-refractivity contribution >= 4 is 28.3 Å². The van der Waals surface area contributed by atoms with Crippen LogP contribution in [0.25, 0.3) is 0 Å². The number of halogens is 1. The topological polar surface area (TPSA) is 73.9 Å². The Morgan fingerprint density at radius 3 is 2.64 bits per heavy atom. The summed E-state index contributed by atoms with van der Waals surface area (Å²) in [6, 6.07) is 2.99. The molecular weight excluding hydrogens is 354 g/mol. The van der Waals surface area contributed by atoms with Crippen LogP contribution in [-0.4, -0.2) is 24.8 Å². The molecule has 6 nitrogen and oxygen atoms in total. The minimum Gasteiger partial charge on any atom is -0.454 e. The molecule has 22 heavy (non-hydrogen) atoms. The predicted octanol–water partition coefficient (Wildman–Crippen LogP) is 3.33. The van der Waals surface area contributed by atoms with Crippen LogP contribution in [0.2, 0.25) is 0 Å². The molecule has 1 aliphatic rings. The number of hydrogen-bond donors (Lipinski definition) is 1. The molecular formula is C15H18BrNO5. The van der Waals surface area contributed by atoms with E-state index in [1.807, 2.05) is 0 Å². The average Bonchev–Trinajstić information content (AvgIpc) is 2.82. The van der Waals surface area contributed by atoms with Crippen molar-refractivity contribution in [1.29, 1.82) is 0 Å². The summed E-state index contributed by atoms with van der Waals surface area (Å²) in [6.45, 7) is 5.48. The van der Waals surface area contributed by atoms with Gasteiger partial charge in [-0.1, -0.05) is 15.9 Å². The van der Waals surface area contributed by atoms with Gasteiger partial charge in [0, 0.05) is 10.9 Å². The number of nitrogens with one attached hydrogen (secondary N) is 1. The molecule has 1 aromatic carbocycles. The zero-order valence-corrected chi connectivity index (χ0v) is 14.2. The maximum absolute atomic E-state index is 11.9. The summed E-state index contributed by atoms with van der Waals surface area (Å²) >= 11 is 3.43. The van der Waals surface area contributed by atoms with E-state index in [4.69, 9.17) is 14.2 Å². The van der Waals surface area contributed by atoms with Gasteiger partial charge < -0.3 is 24.3 Å². The van der Waals surface area contributed by atoms with E-state index in [0.717, 1.165) is 16.3 Å². The van der Waals surface area contributed by atoms with E-state index >= 15 is 0 Å². The maximum Gasteiger partial charge on any atom is 0.408 e. The third-order valence-corrected chi connectivity index (χ3v) is 3.58. The van der Waals surface area contributed by atoms with Crippen molar-refractivity contribution in [2.45, 2.75) is 38.8 Å². The lowest BCUT2D eigenvalue weighted by atomic mass is 10.0. The van der Waals surface area contributed by atoms with Crippen LogP contribution < -0.4 is 14.8 Å². The average molecular weight is 372 g/mol. The van der Waals surface area contributed by atoms with Gasteiger partial charge in [-0.25, -0.2) is 4.79 Å². The van der Waals surface area contributed by atoms with Gasteiger partial charge in [0.05, 0.1) is 6.04 Å². The van der Waals surface area contributed by atoms with Crippen LogP contribution in [0, 0.1) is 0 Å². The molecule has 0 saturated heterocycles. The number of ether oxygens (including phenoxy) is 3. The van der Waals surface area contributed by atoms with Crippen LogP contribution >= 0.6 is 15.9 Å². The lowest BCUT2D eigenvalue weighted by molar-refractivity contribution is -0.108. The quantitative estimate of drug-likeness (QED) is 0.821. The van der Waals surface area contributed by atoms with Gasteiger partial charge in [0.1, 0.15) is 11.9 Å². The van der Waals surface area contributed by atoms with Gasteiger partial charge in [0.25, 0.3) is 0 Å². The third-order valence-electron chi connectivity index (χ3n) is 2.89. The highest BCUT2D eigenvalue weighted by Gasteiger charge is 2.24. The molecule has 1 aliphatic heterocycles. The number of fused-ring (bicyclic) bond motifs is 1. The second-order valence-electron chi connectivity index (χ2n) is 5.83. The van der Waals surface area contributed by atoms with E-state index in [-0.39, 0.29) is 13.2 Å². The van der Waals surface area contributed by atoms with Crippen LogP contribution in [0.15, 0.2) is 16.6 Å². The fraction of sp³-hybridized carbons (Fsp3) is 0.467. The van der Waals surface area contributed by atoms with E-state index in [2.05, 4.69) is 21.2 Å². The highest BCUT2D eigenvalue weighted by molar-refractivity contribution is 9.10. The molecule has 0 saturated carbocycles. The van der Waals surface area contributed by atoms with Crippen LogP contribution in [-0.2, 0) is 9.53 Å². The Balaban J connectivity index is 2.21. The van der Waals surface area contributed by atoms with E-state index in [1.54, 1.807) is 32.9 Å². The minimum absolute atomic E-state index is 0.123. The minimum atomic E-state index is -0.609. The Morgan fingerprint density at radius 1 is 1.41 bits per heavy atom. The first-order chi connectivity index (χ1) is 10.3. The summed E-state index contributed by atoms with van der Waals surface area (Å²) in [5, 5.41) is 2.70. The molecule has 0 aromatic heterocycles. The summed E-state index contributed by atoms with van der Waals surface area (Å²) in [7, 11) is 0. The number of aldehydes is 1. The fourth-order valence-electron chi connectivity index (χ4n) is 2.01. The molecule has 120 valence electrons. The monoisotopic (exact) mass is 371 g/mol. The van der Waals surface area contributed by atoms with Crippen molar-refractivity contribution in [3.8, 4) is 11.5 Å². The number of alkyl carbamates (subject to hydrolysis) is 1. The Hall–Kier alpha value is -1.76. The molecule has 0 spiro atoms. The fourth-order valence-corrected chi connectivity index (χ4v) is 2.61. The summed E-state index contributed by atoms with van der Waals surface area (Å²) < 4.78 is 16.6. The first kappa shape index (κ1) is 16.6. The summed E-state index contributed by atoms with van der Waals surface area (Å²) in [5.74, 6) is 1.21. The van der Waals surface area contributed by atoms with Crippen molar-refractivity contribution < 1.29 is 23.8 Å². The molecule has 1 N–H and O–H groups in total. The van der Waals surface area contributed by atoms with Crippen molar-refractivity contribution in [2.75, 3.05) is 6.79 Å². The van der Waals surface area contributed by atoms with E-state index in [9.17, 15) is 9.59 Å². The molecule has 2 rings (SSSR count).